The van der Waals surface area contributed by atoms with Gasteiger partial charge >= 0.3 is 0 Å². The molecule has 5 heterocycles. The van der Waals surface area contributed by atoms with Gasteiger partial charge in [-0.25, -0.2) is 19.9 Å². The second-order valence-corrected chi connectivity index (χ2v) is 35.4. The summed E-state index contributed by atoms with van der Waals surface area (Å²) in [4.78, 5) is 38.1. The summed E-state index contributed by atoms with van der Waals surface area (Å²) in [7, 11) is 0. The smallest absolute Gasteiger partial charge is 0.294 e. The first-order chi connectivity index (χ1) is 73.6. The van der Waals surface area contributed by atoms with E-state index in [0.29, 0.717) is 0 Å². The van der Waals surface area contributed by atoms with Gasteiger partial charge in [0.05, 0.1) is 0 Å². The second kappa shape index (κ2) is 40.5. The summed E-state index contributed by atoms with van der Waals surface area (Å²) in [6, 6.07) is 178. The van der Waals surface area contributed by atoms with E-state index in [1.807, 2.05) is 24.3 Å². The van der Waals surface area contributed by atoms with Crippen molar-refractivity contribution in [1.82, 2.24) is 29.9 Å². The minimum atomic E-state index is -0.301. The van der Waals surface area contributed by atoms with Gasteiger partial charge in [-0.3, -0.25) is 0 Å². The molecule has 0 aliphatic carbocycles. The maximum absolute atomic E-state index is 9.29. The number of furan rings is 2. The molecule has 0 aliphatic heterocycles. The van der Waals surface area contributed by atoms with Crippen LogP contribution in [0.3, 0.4) is 0 Å². The molecule has 149 heavy (non-hydrogen) atoms. The van der Waals surface area contributed by atoms with E-state index >= 15 is 0 Å². The minimum absolute atomic E-state index is 0.00714. The Morgan fingerprint density at radius 1 is 0.181 bits per heavy atom. The summed E-state index contributed by atoms with van der Waals surface area (Å²) in [5.41, 5.74) is 33.3. The Morgan fingerprint density at radius 2 is 0.362 bits per heavy atom. The predicted molar refractivity (Wildman–Crippen MR) is 598 cm³/mol. The zero-order valence-corrected chi connectivity index (χ0v) is 79.6. The van der Waals surface area contributed by atoms with E-state index in [0.717, 1.165) is 128 Å². The van der Waals surface area contributed by atoms with Crippen LogP contribution in [-0.4, -0.2) is 29.9 Å². The molecule has 694 valence electrons. The molecule has 17 nitrogen and oxygen atoms in total. The zero-order chi connectivity index (χ0) is 101. The monoisotopic (exact) mass is 1910 g/mol. The third-order valence-corrected chi connectivity index (χ3v) is 26.6. The fraction of sp³-hybridized carbons (Fsp3) is 0. The van der Waals surface area contributed by atoms with E-state index < -0.39 is 0 Å². The molecule has 25 rings (SSSR count). The second-order valence-electron chi connectivity index (χ2n) is 35.4. The van der Waals surface area contributed by atoms with E-state index in [9.17, 15) is 21.0 Å². The van der Waals surface area contributed by atoms with Gasteiger partial charge in [0.15, 0.2) is 22.8 Å². The highest BCUT2D eigenvalue weighted by molar-refractivity contribution is 6.19. The first-order valence-corrected chi connectivity index (χ1v) is 48.2. The van der Waals surface area contributed by atoms with E-state index in [1.54, 1.807) is 24.3 Å². The minimum Gasteiger partial charge on any atom is -0.455 e. The molecule has 0 spiro atoms. The van der Waals surface area contributed by atoms with Gasteiger partial charge in [-0.1, -0.05) is 371 Å². The SMILES string of the molecule is [C-]#[N+]c1nc2c3nc(C#N)c(C#N)nc3c3nc(C#N)c(C#N)nc3c2nc1[N+]#[C-].c1ccc(-c2ccc(-c3ccc(N(c4ccc(-c5cccc6c5oc5ccccc56)cc4)c4ccc(-c5cccc6c5oc5ccccc56)cc4)cc3)cc2)cc1.c1ccc(-c2ccc(-c3ccc(N(c4ccccc4)c4ccc(-c5ccc(N(c6ccc(-c7ccccc7)cc6)c6ccc(-c7ccccc7)cc6)cc5)cc4)cc3)cc2)cc1. The fourth-order valence-corrected chi connectivity index (χ4v) is 19.2. The van der Waals surface area contributed by atoms with Crippen LogP contribution in [0.5, 0.6) is 0 Å². The van der Waals surface area contributed by atoms with Crippen molar-refractivity contribution in [3.8, 4) is 124 Å². The molecular formula is C132H79N15O2. The van der Waals surface area contributed by atoms with Gasteiger partial charge in [0.2, 0.25) is 11.0 Å². The lowest BCUT2D eigenvalue weighted by molar-refractivity contribution is 0.669. The van der Waals surface area contributed by atoms with Gasteiger partial charge < -0.3 is 33.2 Å². The standard InChI is InChI=1S/C60H44N2.C54H35NO2.C18N12/c1-5-13-45(14-6-1)48-21-23-49(24-22-48)52-29-39-56(40-30-52)61(55-19-11-4-12-20-55)57-41-31-53(32-42-57)54-33-43-60(44-34-54)62(58-35-25-50(26-36-58)46-15-7-2-8-16-46)59-37-27-51(28-38-59)47-17-9-3-10-18-47;1-2-10-36(11-3-1)37-20-22-38(23-21-37)39-24-30-42(31-25-39)55(43-32-26-40(27-33-43)45-14-8-16-49-47-12-4-6-18-51(47)56-53(45)49)44-34-28-41(29-35-44)46-15-9-17-50-48-13-5-7-19-52(48)57-54(46)50;1-23-17-18(24-2)30-16-14-12(26-8(4-20)10(6-22)28-14)11-13(15(16)29-17)27-9(5-21)7(3-19)25-11/h1-44H;1-35H;. The Hall–Kier alpha value is -21.6. The fourth-order valence-electron chi connectivity index (χ4n) is 19.2. The molecule has 0 unspecified atom stereocenters. The van der Waals surface area contributed by atoms with Gasteiger partial charge in [-0.15, -0.1) is 9.97 Å². The number of hydrogen-bond donors (Lipinski definition) is 0. The van der Waals surface area contributed by atoms with Crippen LogP contribution in [0, 0.1) is 58.5 Å². The zero-order valence-electron chi connectivity index (χ0n) is 79.6. The Labute approximate surface area is 857 Å². The quantitative estimate of drug-likeness (QED) is 0.0576. The average molecular weight is 1910 g/mol. The highest BCUT2D eigenvalue weighted by Crippen LogP contribution is 2.47. The molecule has 0 fully saturated rings. The van der Waals surface area contributed by atoms with Gasteiger partial charge in [0.25, 0.3) is 11.6 Å². The molecule has 0 aliphatic rings. The molecule has 0 bridgehead atoms. The summed E-state index contributed by atoms with van der Waals surface area (Å²) in [6.07, 6.45) is 0. The molecule has 5 aromatic heterocycles. The van der Waals surface area contributed by atoms with E-state index in [4.69, 9.17) is 22.0 Å². The highest BCUT2D eigenvalue weighted by atomic mass is 16.3. The molecule has 20 aromatic carbocycles. The van der Waals surface area contributed by atoms with Crippen molar-refractivity contribution in [2.75, 3.05) is 14.7 Å². The van der Waals surface area contributed by atoms with Crippen LogP contribution in [0.4, 0.5) is 62.8 Å². The summed E-state index contributed by atoms with van der Waals surface area (Å²) in [5, 5.41) is 41.7. The van der Waals surface area contributed by atoms with Crippen molar-refractivity contribution in [2.24, 2.45) is 0 Å². The predicted octanol–water partition coefficient (Wildman–Crippen LogP) is 34.7. The average Bonchev–Trinajstić information content (AvgIpc) is 1.43. The largest absolute Gasteiger partial charge is 0.455 e. The lowest BCUT2D eigenvalue weighted by Gasteiger charge is -2.26. The Morgan fingerprint density at radius 3 is 0.591 bits per heavy atom. The van der Waals surface area contributed by atoms with Crippen molar-refractivity contribution >= 4 is 140 Å². The number of fused-ring (bicyclic) bond motifs is 12. The van der Waals surface area contributed by atoms with E-state index in [2.05, 4.69) is 509 Å². The van der Waals surface area contributed by atoms with Crippen LogP contribution >= 0.6 is 0 Å². The third-order valence-electron chi connectivity index (χ3n) is 26.6. The Balaban J connectivity index is 0.000000130. The van der Waals surface area contributed by atoms with Gasteiger partial charge in [0.1, 0.15) is 68.7 Å². The van der Waals surface area contributed by atoms with Gasteiger partial charge in [0, 0.05) is 83.9 Å². The van der Waals surface area contributed by atoms with Crippen molar-refractivity contribution in [3.63, 3.8) is 0 Å². The summed E-state index contributed by atoms with van der Waals surface area (Å²) in [5.74, 6) is -0.602. The van der Waals surface area contributed by atoms with Gasteiger partial charge in [-0.2, -0.15) is 21.0 Å². The number of rotatable bonds is 18. The van der Waals surface area contributed by atoms with Crippen molar-refractivity contribution in [2.45, 2.75) is 0 Å². The molecule has 0 radical (unpaired) electrons. The van der Waals surface area contributed by atoms with Crippen LogP contribution in [-0.2, 0) is 0 Å². The van der Waals surface area contributed by atoms with Crippen LogP contribution in [0.25, 0.3) is 187 Å². The topological polar surface area (TPSA) is 217 Å². The highest BCUT2D eigenvalue weighted by Gasteiger charge is 2.29. The number of para-hydroxylation sites is 5. The maximum Gasteiger partial charge on any atom is 0.294 e. The van der Waals surface area contributed by atoms with Crippen molar-refractivity contribution in [1.29, 1.82) is 21.0 Å². The summed E-state index contributed by atoms with van der Waals surface area (Å²) < 4.78 is 12.8. The molecule has 0 saturated carbocycles. The normalized spacial score (nSPS) is 10.9. The number of aromatic nitrogens is 6. The summed E-state index contributed by atoms with van der Waals surface area (Å²) >= 11 is 0. The summed E-state index contributed by atoms with van der Waals surface area (Å²) in [6.45, 7) is 14.5. The lowest BCUT2D eigenvalue weighted by Crippen LogP contribution is -2.10. The molecule has 25 aromatic rings. The Bertz CT molecular complexity index is 9030. The molecule has 0 atom stereocenters. The Kier molecular flexibility index (Phi) is 24.8. The number of benzene rings is 20. The van der Waals surface area contributed by atoms with Gasteiger partial charge in [-0.05, 0) is 210 Å². The van der Waals surface area contributed by atoms with E-state index in [1.165, 1.54) is 66.8 Å². The van der Waals surface area contributed by atoms with Crippen LogP contribution < -0.4 is 14.7 Å². The number of anilines is 9. The molecule has 0 amide bonds. The van der Waals surface area contributed by atoms with Crippen molar-refractivity contribution < 1.29 is 8.83 Å². The van der Waals surface area contributed by atoms with Crippen molar-refractivity contribution in [3.05, 3.63) is 525 Å². The molecule has 17 heteroatoms. The molecular weight excluding hydrogens is 1830 g/mol. The maximum atomic E-state index is 9.29. The number of hydrogen-bond acceptors (Lipinski definition) is 15. The molecule has 0 saturated heterocycles. The first kappa shape index (κ1) is 91.2. The third kappa shape index (κ3) is 18.1. The van der Waals surface area contributed by atoms with Crippen LogP contribution in [0.1, 0.15) is 22.8 Å². The first-order valence-electron chi connectivity index (χ1n) is 48.2. The van der Waals surface area contributed by atoms with E-state index in [-0.39, 0.29) is 67.5 Å². The van der Waals surface area contributed by atoms with Crippen LogP contribution in [0.15, 0.2) is 488 Å². The number of nitrogens with zero attached hydrogens (tertiary/aromatic N) is 15. The van der Waals surface area contributed by atoms with Crippen LogP contribution in [0.2, 0.25) is 0 Å². The number of nitriles is 4. The lowest BCUT2D eigenvalue weighted by atomic mass is 9.99. The molecule has 0 N–H and O–H groups in total.